The number of aromatic amines is 1. The van der Waals surface area contributed by atoms with Gasteiger partial charge in [-0.3, -0.25) is 9.59 Å². The highest BCUT2D eigenvalue weighted by atomic mass is 32.1. The van der Waals surface area contributed by atoms with Gasteiger partial charge in [0.05, 0.1) is 5.69 Å². The van der Waals surface area contributed by atoms with Crippen LogP contribution in [0.15, 0.2) is 24.3 Å². The van der Waals surface area contributed by atoms with Crippen molar-refractivity contribution in [3.05, 3.63) is 51.1 Å². The van der Waals surface area contributed by atoms with E-state index >= 15 is 0 Å². The van der Waals surface area contributed by atoms with Crippen LogP contribution in [-0.4, -0.2) is 59.4 Å². The zero-order valence-electron chi connectivity index (χ0n) is 18.5. The Balaban J connectivity index is 0.000000165. The first-order valence-corrected chi connectivity index (χ1v) is 11.8. The largest absolute Gasteiger partial charge is 0.364 e. The lowest BCUT2D eigenvalue weighted by atomic mass is 10.1. The van der Waals surface area contributed by atoms with Gasteiger partial charge in [0, 0.05) is 47.9 Å². The number of nitrogens with two attached hydrogens (primary N) is 1. The van der Waals surface area contributed by atoms with Crippen molar-refractivity contribution in [3.63, 3.8) is 0 Å². The van der Waals surface area contributed by atoms with Crippen molar-refractivity contribution in [2.45, 2.75) is 38.8 Å². The van der Waals surface area contributed by atoms with E-state index in [0.29, 0.717) is 10.7 Å². The van der Waals surface area contributed by atoms with Gasteiger partial charge in [0.1, 0.15) is 5.69 Å². The summed E-state index contributed by atoms with van der Waals surface area (Å²) >= 11 is 1.55. The highest BCUT2D eigenvalue weighted by Gasteiger charge is 2.23. The fraction of sp³-hybridized carbons (Fsp3) is 0.435. The van der Waals surface area contributed by atoms with Gasteiger partial charge >= 0.3 is 0 Å². The van der Waals surface area contributed by atoms with Crippen molar-refractivity contribution in [2.24, 2.45) is 5.73 Å². The first-order chi connectivity index (χ1) is 15.4. The van der Waals surface area contributed by atoms with Gasteiger partial charge in [0.25, 0.3) is 11.8 Å². The first kappa shape index (κ1) is 22.4. The molecule has 2 aliphatic rings. The van der Waals surface area contributed by atoms with Crippen molar-refractivity contribution < 1.29 is 9.59 Å². The predicted molar refractivity (Wildman–Crippen MR) is 127 cm³/mol. The molecule has 32 heavy (non-hydrogen) atoms. The number of nitrogens with zero attached hydrogens (tertiary/aromatic N) is 2. The molecule has 5 N–H and O–H groups in total. The minimum atomic E-state index is -0.422. The third-order valence-corrected chi connectivity index (χ3v) is 6.87. The third-order valence-electron chi connectivity index (χ3n) is 5.79. The topological polar surface area (TPSA) is 116 Å². The van der Waals surface area contributed by atoms with Gasteiger partial charge in [-0.25, -0.2) is 4.98 Å². The van der Waals surface area contributed by atoms with Crippen LogP contribution in [0.4, 0.5) is 0 Å². The number of fused-ring (bicyclic) bond motifs is 2. The van der Waals surface area contributed by atoms with Gasteiger partial charge in [0.2, 0.25) is 0 Å². The Morgan fingerprint density at radius 1 is 1.31 bits per heavy atom. The lowest BCUT2D eigenvalue weighted by Gasteiger charge is -2.23. The molecule has 0 aliphatic carbocycles. The molecule has 5 rings (SSSR count). The van der Waals surface area contributed by atoms with Crippen molar-refractivity contribution >= 4 is 34.1 Å². The molecule has 4 heterocycles. The van der Waals surface area contributed by atoms with Crippen LogP contribution in [0, 0.1) is 6.92 Å². The number of piperidine rings is 1. The molecule has 0 saturated carbocycles. The van der Waals surface area contributed by atoms with Crippen LogP contribution < -0.4 is 16.4 Å². The van der Waals surface area contributed by atoms with E-state index in [9.17, 15) is 9.59 Å². The van der Waals surface area contributed by atoms with E-state index in [0.717, 1.165) is 62.0 Å². The molecular formula is C23H30N6O2S. The van der Waals surface area contributed by atoms with Crippen LogP contribution >= 0.6 is 11.3 Å². The van der Waals surface area contributed by atoms with Crippen molar-refractivity contribution in [3.8, 4) is 0 Å². The Morgan fingerprint density at radius 2 is 2.16 bits per heavy atom. The van der Waals surface area contributed by atoms with Gasteiger partial charge in [-0.15, -0.1) is 11.3 Å². The molecule has 3 aromatic rings. The summed E-state index contributed by atoms with van der Waals surface area (Å²) in [6.45, 7) is 5.90. The third kappa shape index (κ3) is 5.35. The van der Waals surface area contributed by atoms with Gasteiger partial charge in [-0.1, -0.05) is 11.6 Å². The summed E-state index contributed by atoms with van der Waals surface area (Å²) in [6, 6.07) is 7.97. The number of H-pyrrole nitrogens is 1. The molecular weight excluding hydrogens is 424 g/mol. The number of carbonyl (C=O) groups is 2. The maximum Gasteiger partial charge on any atom is 0.280 e. The van der Waals surface area contributed by atoms with E-state index in [4.69, 9.17) is 5.73 Å². The highest BCUT2D eigenvalue weighted by Crippen LogP contribution is 2.24. The van der Waals surface area contributed by atoms with Crippen LogP contribution in [0.25, 0.3) is 10.9 Å². The van der Waals surface area contributed by atoms with Crippen LogP contribution in [0.5, 0.6) is 0 Å². The number of thiazole rings is 1. The SMILES string of the molecule is CN1CCc2nc(C(=O)N[C@H]3CCCNC3)sc2C1.Cc1ccc2[nH]c(C(N)=O)cc2c1. The standard InChI is InChI=1S/C13H20N4OS.C10H10N2O/c1-17-6-4-10-11(8-17)19-13(16-10)12(18)15-9-3-2-5-14-7-9;1-6-2-3-8-7(4-6)5-9(12-8)10(11)13/h9,14H,2-8H2,1H3,(H,15,18);2-5,12H,1H3,(H2,11,13)/t9-;/m0./s1. The van der Waals surface area contributed by atoms with E-state index in [-0.39, 0.29) is 11.9 Å². The van der Waals surface area contributed by atoms with Gasteiger partial charge < -0.3 is 26.3 Å². The number of hydrogen-bond donors (Lipinski definition) is 4. The number of rotatable bonds is 3. The Kier molecular flexibility index (Phi) is 6.88. The summed E-state index contributed by atoms with van der Waals surface area (Å²) in [4.78, 5) is 34.0. The fourth-order valence-corrected chi connectivity index (χ4v) is 5.12. The maximum absolute atomic E-state index is 12.2. The predicted octanol–water partition coefficient (Wildman–Crippen LogP) is 2.19. The van der Waals surface area contributed by atoms with Gasteiger partial charge in [-0.05, 0) is 51.6 Å². The molecule has 1 saturated heterocycles. The Hall–Kier alpha value is -2.75. The maximum atomic E-state index is 12.2. The number of amides is 2. The van der Waals surface area contributed by atoms with Crippen molar-refractivity contribution in [2.75, 3.05) is 26.7 Å². The summed E-state index contributed by atoms with van der Waals surface area (Å²) in [5, 5.41) is 8.05. The summed E-state index contributed by atoms with van der Waals surface area (Å²) in [6.07, 6.45) is 3.15. The average molecular weight is 455 g/mol. The molecule has 9 heteroatoms. The second kappa shape index (κ2) is 9.81. The summed E-state index contributed by atoms with van der Waals surface area (Å²) in [5.41, 5.74) is 8.84. The van der Waals surface area contributed by atoms with E-state index in [1.54, 1.807) is 17.4 Å². The van der Waals surface area contributed by atoms with Crippen LogP contribution in [0.1, 0.15) is 49.3 Å². The second-order valence-electron chi connectivity index (χ2n) is 8.53. The molecule has 0 radical (unpaired) electrons. The molecule has 8 nitrogen and oxygen atoms in total. The second-order valence-corrected chi connectivity index (χ2v) is 9.61. The van der Waals surface area contributed by atoms with Gasteiger partial charge in [-0.2, -0.15) is 0 Å². The number of aromatic nitrogens is 2. The minimum absolute atomic E-state index is 0.00393. The summed E-state index contributed by atoms with van der Waals surface area (Å²) in [5.74, 6) is -0.426. The quantitative estimate of drug-likeness (QED) is 0.484. The minimum Gasteiger partial charge on any atom is -0.364 e. The van der Waals surface area contributed by atoms with Crippen molar-refractivity contribution in [1.82, 2.24) is 25.5 Å². The normalized spacial score (nSPS) is 18.5. The molecule has 0 bridgehead atoms. The molecule has 1 atom stereocenters. The number of primary amides is 1. The number of hydrogen-bond acceptors (Lipinski definition) is 6. The van der Waals surface area contributed by atoms with E-state index < -0.39 is 5.91 Å². The molecule has 0 unspecified atom stereocenters. The average Bonchev–Trinajstić information content (AvgIpc) is 3.38. The number of benzene rings is 1. The molecule has 2 amide bonds. The Morgan fingerprint density at radius 3 is 2.91 bits per heavy atom. The number of nitrogens with one attached hydrogen (secondary N) is 3. The van der Waals surface area contributed by atoms with Crippen molar-refractivity contribution in [1.29, 1.82) is 0 Å². The zero-order valence-corrected chi connectivity index (χ0v) is 19.3. The Bertz CT molecular complexity index is 1120. The Labute approximate surface area is 191 Å². The zero-order chi connectivity index (χ0) is 22.7. The van der Waals surface area contributed by atoms with E-state index in [1.165, 1.54) is 10.4 Å². The van der Waals surface area contributed by atoms with Crippen LogP contribution in [-0.2, 0) is 13.0 Å². The molecule has 170 valence electrons. The molecule has 2 aliphatic heterocycles. The van der Waals surface area contributed by atoms with E-state index in [2.05, 4.69) is 32.5 Å². The summed E-state index contributed by atoms with van der Waals surface area (Å²) in [7, 11) is 2.11. The number of carbonyl (C=O) groups excluding carboxylic acids is 2. The lowest BCUT2D eigenvalue weighted by molar-refractivity contribution is 0.0929. The van der Waals surface area contributed by atoms with Gasteiger partial charge in [0.15, 0.2) is 5.01 Å². The lowest BCUT2D eigenvalue weighted by Crippen LogP contribution is -2.45. The van der Waals surface area contributed by atoms with Crippen LogP contribution in [0.3, 0.4) is 0 Å². The fourth-order valence-electron chi connectivity index (χ4n) is 4.03. The van der Waals surface area contributed by atoms with E-state index in [1.807, 2.05) is 25.1 Å². The molecule has 2 aromatic heterocycles. The molecule has 1 fully saturated rings. The first-order valence-electron chi connectivity index (χ1n) is 11.0. The smallest absolute Gasteiger partial charge is 0.280 e. The number of likely N-dealkylation sites (N-methyl/N-ethyl adjacent to an activating group) is 1. The number of aryl methyl sites for hydroxylation is 1. The molecule has 1 aromatic carbocycles. The van der Waals surface area contributed by atoms with Crippen LogP contribution in [0.2, 0.25) is 0 Å². The monoisotopic (exact) mass is 454 g/mol. The molecule has 0 spiro atoms. The summed E-state index contributed by atoms with van der Waals surface area (Å²) < 4.78 is 0. The highest BCUT2D eigenvalue weighted by molar-refractivity contribution is 7.13.